The van der Waals surface area contributed by atoms with Gasteiger partial charge in [-0.15, -0.1) is 0 Å². The molecule has 1 aliphatic rings. The van der Waals surface area contributed by atoms with E-state index in [9.17, 15) is 0 Å². The van der Waals surface area contributed by atoms with Crippen LogP contribution in [0.1, 0.15) is 44.3 Å². The average molecular weight is 362 g/mol. The first kappa shape index (κ1) is 15.7. The Morgan fingerprint density at radius 3 is 2.36 bits per heavy atom. The van der Waals surface area contributed by atoms with E-state index in [-0.39, 0.29) is 4.83 Å². The number of nitrogens with zero attached hydrogens (tertiary/aromatic N) is 2. The fourth-order valence-electron chi connectivity index (χ4n) is 4.11. The Kier molecular flexibility index (Phi) is 4.67. The molecule has 1 aliphatic carbocycles. The van der Waals surface area contributed by atoms with Crippen molar-refractivity contribution >= 4 is 15.9 Å². The van der Waals surface area contributed by atoms with Gasteiger partial charge in [-0.25, -0.2) is 4.98 Å². The van der Waals surface area contributed by atoms with Crippen LogP contribution in [0.5, 0.6) is 0 Å². The minimum Gasteiger partial charge on any atom is -0.262 e. The predicted octanol–water partition coefficient (Wildman–Crippen LogP) is 5.23. The first-order valence-corrected chi connectivity index (χ1v) is 9.09. The number of hydrogen-bond acceptors (Lipinski definition) is 2. The van der Waals surface area contributed by atoms with Crippen molar-refractivity contribution in [2.75, 3.05) is 0 Å². The van der Waals surface area contributed by atoms with Crippen LogP contribution in [-0.4, -0.2) is 15.2 Å². The van der Waals surface area contributed by atoms with Gasteiger partial charge in [-0.3, -0.25) is 5.10 Å². The third-order valence-electron chi connectivity index (χ3n) is 5.00. The first-order valence-electron chi connectivity index (χ1n) is 8.18. The van der Waals surface area contributed by atoms with Crippen molar-refractivity contribution in [2.45, 2.75) is 38.4 Å². The molecule has 0 spiro atoms. The maximum absolute atomic E-state index is 4.73. The van der Waals surface area contributed by atoms with Crippen LogP contribution in [-0.2, 0) is 0 Å². The Morgan fingerprint density at radius 1 is 1.09 bits per heavy atom. The zero-order valence-corrected chi connectivity index (χ0v) is 15.0. The number of nitrogens with one attached hydrogen (secondary N) is 1. The van der Waals surface area contributed by atoms with E-state index in [2.05, 4.69) is 46.9 Å². The summed E-state index contributed by atoms with van der Waals surface area (Å²) in [5, 5.41) is 7.55. The fraction of sp³-hybridized carbons (Fsp3) is 0.556. The molecule has 0 saturated heterocycles. The smallest absolute Gasteiger partial charge is 0.181 e. The zero-order valence-electron chi connectivity index (χ0n) is 13.5. The minimum atomic E-state index is 0.245. The van der Waals surface area contributed by atoms with E-state index in [0.717, 1.165) is 23.1 Å². The van der Waals surface area contributed by atoms with Gasteiger partial charge in [0, 0.05) is 5.56 Å². The lowest BCUT2D eigenvalue weighted by Gasteiger charge is -2.40. The van der Waals surface area contributed by atoms with Crippen molar-refractivity contribution in [3.05, 3.63) is 36.2 Å². The van der Waals surface area contributed by atoms with Crippen molar-refractivity contribution in [1.29, 1.82) is 0 Å². The van der Waals surface area contributed by atoms with E-state index in [1.807, 2.05) is 30.3 Å². The second-order valence-electron chi connectivity index (χ2n) is 6.92. The quantitative estimate of drug-likeness (QED) is 0.760. The second-order valence-corrected chi connectivity index (χ2v) is 7.91. The van der Waals surface area contributed by atoms with E-state index in [1.165, 1.54) is 12.8 Å². The lowest BCUT2D eigenvalue weighted by Crippen LogP contribution is -2.32. The van der Waals surface area contributed by atoms with Gasteiger partial charge in [-0.2, -0.15) is 5.10 Å². The molecule has 0 amide bonds. The lowest BCUT2D eigenvalue weighted by atomic mass is 9.68. The number of alkyl halides is 1. The van der Waals surface area contributed by atoms with Crippen LogP contribution in [0.4, 0.5) is 0 Å². The molecule has 1 aromatic carbocycles. The van der Waals surface area contributed by atoms with Crippen molar-refractivity contribution < 1.29 is 0 Å². The van der Waals surface area contributed by atoms with Gasteiger partial charge in [0.15, 0.2) is 5.82 Å². The number of benzene rings is 1. The SMILES string of the molecule is CC1CC(C)C(C(Br)c2nc(-c3ccccc3)n[nH]2)C(C)C1. The van der Waals surface area contributed by atoms with Crippen molar-refractivity contribution in [2.24, 2.45) is 23.7 Å². The highest BCUT2D eigenvalue weighted by Crippen LogP contribution is 2.47. The molecule has 3 rings (SSSR count). The molecule has 0 radical (unpaired) electrons. The van der Waals surface area contributed by atoms with E-state index >= 15 is 0 Å². The molecular formula is C18H24BrN3. The maximum atomic E-state index is 4.73. The molecule has 2 aromatic rings. The third kappa shape index (κ3) is 3.12. The van der Waals surface area contributed by atoms with Crippen LogP contribution in [0.25, 0.3) is 11.4 Å². The Morgan fingerprint density at radius 2 is 1.73 bits per heavy atom. The molecule has 3 unspecified atom stereocenters. The second kappa shape index (κ2) is 6.53. The Labute approximate surface area is 141 Å². The average Bonchev–Trinajstić information content (AvgIpc) is 2.97. The normalized spacial score (nSPS) is 30.2. The van der Waals surface area contributed by atoms with Crippen LogP contribution in [0.2, 0.25) is 0 Å². The van der Waals surface area contributed by atoms with E-state index in [1.54, 1.807) is 0 Å². The predicted molar refractivity (Wildman–Crippen MR) is 93.7 cm³/mol. The lowest BCUT2D eigenvalue weighted by molar-refractivity contribution is 0.132. The van der Waals surface area contributed by atoms with Gasteiger partial charge in [0.1, 0.15) is 5.82 Å². The largest absolute Gasteiger partial charge is 0.262 e. The summed E-state index contributed by atoms with van der Waals surface area (Å²) in [7, 11) is 0. The standard InChI is InChI=1S/C18H24BrN3/c1-11-9-12(2)15(13(3)10-11)16(19)18-20-17(21-22-18)14-7-5-4-6-8-14/h4-8,11-13,15-16H,9-10H2,1-3H3,(H,20,21,22). The highest BCUT2D eigenvalue weighted by atomic mass is 79.9. The van der Waals surface area contributed by atoms with E-state index in [4.69, 9.17) is 4.98 Å². The number of H-pyrrole nitrogens is 1. The summed E-state index contributed by atoms with van der Waals surface area (Å²) in [6, 6.07) is 10.1. The van der Waals surface area contributed by atoms with E-state index < -0.39 is 0 Å². The van der Waals surface area contributed by atoms with Crippen LogP contribution >= 0.6 is 15.9 Å². The number of halogens is 1. The highest BCUT2D eigenvalue weighted by molar-refractivity contribution is 9.09. The van der Waals surface area contributed by atoms with Crippen LogP contribution in [0.15, 0.2) is 30.3 Å². The molecule has 0 bridgehead atoms. The summed E-state index contributed by atoms with van der Waals surface area (Å²) < 4.78 is 0. The summed E-state index contributed by atoms with van der Waals surface area (Å²) in [6.45, 7) is 7.12. The van der Waals surface area contributed by atoms with Crippen LogP contribution in [0.3, 0.4) is 0 Å². The Hall–Kier alpha value is -1.16. The van der Waals surface area contributed by atoms with E-state index in [0.29, 0.717) is 17.8 Å². The molecule has 22 heavy (non-hydrogen) atoms. The molecule has 4 heteroatoms. The summed E-state index contributed by atoms with van der Waals surface area (Å²) in [6.07, 6.45) is 2.60. The van der Waals surface area contributed by atoms with Gasteiger partial charge < -0.3 is 0 Å². The summed E-state index contributed by atoms with van der Waals surface area (Å²) in [5.41, 5.74) is 1.06. The molecule has 1 saturated carbocycles. The number of aromatic amines is 1. The topological polar surface area (TPSA) is 41.6 Å². The Balaban J connectivity index is 1.81. The van der Waals surface area contributed by atoms with Gasteiger partial charge >= 0.3 is 0 Å². The van der Waals surface area contributed by atoms with Crippen molar-refractivity contribution in [1.82, 2.24) is 15.2 Å². The molecule has 1 heterocycles. The molecule has 1 fully saturated rings. The third-order valence-corrected chi connectivity index (χ3v) is 6.04. The molecular weight excluding hydrogens is 338 g/mol. The number of aromatic nitrogens is 3. The van der Waals surface area contributed by atoms with Crippen molar-refractivity contribution in [3.8, 4) is 11.4 Å². The summed E-state index contributed by atoms with van der Waals surface area (Å²) in [4.78, 5) is 4.98. The molecule has 3 nitrogen and oxygen atoms in total. The Bertz CT molecular complexity index is 598. The summed E-state index contributed by atoms with van der Waals surface area (Å²) in [5.74, 6) is 4.58. The summed E-state index contributed by atoms with van der Waals surface area (Å²) >= 11 is 3.90. The molecule has 1 aromatic heterocycles. The number of rotatable bonds is 3. The monoisotopic (exact) mass is 361 g/mol. The van der Waals surface area contributed by atoms with Crippen LogP contribution < -0.4 is 0 Å². The van der Waals surface area contributed by atoms with Gasteiger partial charge in [0.25, 0.3) is 0 Å². The fourth-order valence-corrected chi connectivity index (χ4v) is 5.36. The molecule has 3 atom stereocenters. The maximum Gasteiger partial charge on any atom is 0.181 e. The van der Waals surface area contributed by atoms with Crippen LogP contribution in [0, 0.1) is 23.7 Å². The number of hydrogen-bond donors (Lipinski definition) is 1. The highest BCUT2D eigenvalue weighted by Gasteiger charge is 2.37. The van der Waals surface area contributed by atoms with Crippen molar-refractivity contribution in [3.63, 3.8) is 0 Å². The van der Waals surface area contributed by atoms with Gasteiger partial charge in [0.05, 0.1) is 4.83 Å². The van der Waals surface area contributed by atoms with Gasteiger partial charge in [-0.1, -0.05) is 67.0 Å². The molecule has 0 aliphatic heterocycles. The molecule has 118 valence electrons. The first-order chi connectivity index (χ1) is 10.6. The van der Waals surface area contributed by atoms with Gasteiger partial charge in [-0.05, 0) is 36.5 Å². The minimum absolute atomic E-state index is 0.245. The zero-order chi connectivity index (χ0) is 15.7. The van der Waals surface area contributed by atoms with Gasteiger partial charge in [0.2, 0.25) is 0 Å². The molecule has 1 N–H and O–H groups in total.